The maximum Gasteiger partial charge on any atom is 0.338 e. The van der Waals surface area contributed by atoms with E-state index in [0.29, 0.717) is 5.57 Å². The van der Waals surface area contributed by atoms with Crippen molar-refractivity contribution in [3.05, 3.63) is 82.9 Å². The van der Waals surface area contributed by atoms with Crippen molar-refractivity contribution in [2.24, 2.45) is 16.7 Å². The second-order valence-electron chi connectivity index (χ2n) is 17.7. The number of hydrogen-bond acceptors (Lipinski definition) is 15. The Morgan fingerprint density at radius 1 is 0.787 bits per heavy atom. The molecule has 1 aliphatic heterocycles. The molecule has 3 fully saturated rings. The number of esters is 6. The molecule has 2 saturated carbocycles. The maximum absolute atomic E-state index is 14.4. The summed E-state index contributed by atoms with van der Waals surface area (Å²) in [7, 11) is 3.68. The average molecular weight is 848 g/mol. The highest BCUT2D eigenvalue weighted by Gasteiger charge is 2.79. The largest absolute Gasteiger partial charge is 0.462 e. The SMILES string of the molecule is CC(=O)O[C@H]1C[C@@H]2OC[C@@]2(OC(C)=O)[C@H]2[C@H](OC(C)=O)[C@]3(O)C[C@H](OC(=O)CC(c4ccccc4)N(C)C)C(C)=C([C@@H](OC(=O)c4ccccc4)[C@H](OC(C)=O)[C@]12C)C3(C)C. The molecule has 2 aromatic carbocycles. The van der Waals surface area contributed by atoms with Gasteiger partial charge in [-0.15, -0.1) is 0 Å². The van der Waals surface area contributed by atoms with Crippen LogP contribution < -0.4 is 0 Å². The molecule has 330 valence electrons. The van der Waals surface area contributed by atoms with Gasteiger partial charge in [0.25, 0.3) is 0 Å². The van der Waals surface area contributed by atoms with Crippen LogP contribution in [0.4, 0.5) is 0 Å². The number of benzene rings is 2. The Hall–Kier alpha value is -5.12. The second-order valence-corrected chi connectivity index (χ2v) is 17.7. The van der Waals surface area contributed by atoms with Crippen LogP contribution in [0.25, 0.3) is 0 Å². The molecule has 6 rings (SSSR count). The van der Waals surface area contributed by atoms with E-state index in [-0.39, 0.29) is 37.0 Å². The van der Waals surface area contributed by atoms with Crippen molar-refractivity contribution in [1.82, 2.24) is 4.90 Å². The predicted octanol–water partition coefficient (Wildman–Crippen LogP) is 4.83. The molecule has 1 saturated heterocycles. The van der Waals surface area contributed by atoms with Gasteiger partial charge in [-0.25, -0.2) is 4.79 Å². The van der Waals surface area contributed by atoms with Crippen molar-refractivity contribution in [3.8, 4) is 0 Å². The standard InChI is InChI=1S/C46H57NO14/c1-25-33(59-36(52)21-32(47(9)10)30-17-13-11-14-18-30)23-46(54)41(58-28(4)50)39-44(8,34(56-26(2)48)22-35-45(39,24-55-35)61-29(5)51)40(57-27(3)49)38(37(25)43(46,6)7)60-42(53)31-19-15-12-16-20-31/h11-20,32-35,38-41,54H,21-24H2,1-10H3/t32?,33-,34-,35-,38+,39-,40-,41-,44+,45-,46+/m0/s1. The highest BCUT2D eigenvalue weighted by Crippen LogP contribution is 2.66. The molecule has 0 radical (unpaired) electrons. The van der Waals surface area contributed by atoms with E-state index in [1.165, 1.54) is 20.8 Å². The van der Waals surface area contributed by atoms with Gasteiger partial charge in [-0.1, -0.05) is 69.3 Å². The summed E-state index contributed by atoms with van der Waals surface area (Å²) in [5.41, 5.74) is -5.61. The first-order valence-electron chi connectivity index (χ1n) is 20.5. The monoisotopic (exact) mass is 847 g/mol. The molecule has 15 nitrogen and oxygen atoms in total. The van der Waals surface area contributed by atoms with Crippen molar-refractivity contribution in [2.45, 2.75) is 129 Å². The van der Waals surface area contributed by atoms with E-state index in [1.54, 1.807) is 58.0 Å². The summed E-state index contributed by atoms with van der Waals surface area (Å²) in [6.45, 7) is 11.1. The third kappa shape index (κ3) is 8.07. The Morgan fingerprint density at radius 2 is 1.36 bits per heavy atom. The Labute approximate surface area is 356 Å². The summed E-state index contributed by atoms with van der Waals surface area (Å²) in [6, 6.07) is 17.1. The molecular weight excluding hydrogens is 790 g/mol. The van der Waals surface area contributed by atoms with Crippen LogP contribution in [0.15, 0.2) is 71.8 Å². The lowest BCUT2D eigenvalue weighted by Gasteiger charge is -2.69. The highest BCUT2D eigenvalue weighted by molar-refractivity contribution is 5.89. The molecule has 61 heavy (non-hydrogen) atoms. The maximum atomic E-state index is 14.4. The van der Waals surface area contributed by atoms with E-state index in [9.17, 15) is 33.9 Å². The first-order chi connectivity index (χ1) is 28.6. The minimum atomic E-state index is -2.23. The molecule has 0 spiro atoms. The van der Waals surface area contributed by atoms with Gasteiger partial charge in [0.2, 0.25) is 0 Å². The summed E-state index contributed by atoms with van der Waals surface area (Å²) < 4.78 is 43.8. The van der Waals surface area contributed by atoms with Crippen molar-refractivity contribution < 1.29 is 67.0 Å². The van der Waals surface area contributed by atoms with Crippen LogP contribution in [0.5, 0.6) is 0 Å². The molecule has 1 N–H and O–H groups in total. The molecule has 0 aromatic heterocycles. The number of aliphatic hydroxyl groups is 1. The van der Waals surface area contributed by atoms with Gasteiger partial charge in [-0.3, -0.25) is 24.0 Å². The van der Waals surface area contributed by atoms with Gasteiger partial charge < -0.3 is 43.2 Å². The van der Waals surface area contributed by atoms with Gasteiger partial charge in [-0.05, 0) is 49.9 Å². The van der Waals surface area contributed by atoms with Gasteiger partial charge >= 0.3 is 35.8 Å². The number of rotatable bonds is 11. The van der Waals surface area contributed by atoms with Crippen molar-refractivity contribution >= 4 is 35.8 Å². The Bertz CT molecular complexity index is 2070. The molecular formula is C46H57NO14. The average Bonchev–Trinajstić information content (AvgIpc) is 3.17. The van der Waals surface area contributed by atoms with Crippen LogP contribution in [-0.2, 0) is 57.1 Å². The topological polar surface area (TPSA) is 190 Å². The van der Waals surface area contributed by atoms with Crippen LogP contribution >= 0.6 is 0 Å². The second kappa shape index (κ2) is 17.0. The summed E-state index contributed by atoms with van der Waals surface area (Å²) in [5, 5.41) is 13.8. The van der Waals surface area contributed by atoms with Gasteiger partial charge in [0.15, 0.2) is 17.8 Å². The van der Waals surface area contributed by atoms with E-state index >= 15 is 0 Å². The zero-order valence-corrected chi connectivity index (χ0v) is 36.4. The van der Waals surface area contributed by atoms with Crippen LogP contribution in [0.2, 0.25) is 0 Å². The first kappa shape index (κ1) is 45.4. The first-order valence-corrected chi connectivity index (χ1v) is 20.5. The summed E-state index contributed by atoms with van der Waals surface area (Å²) in [5.74, 6) is -5.92. The van der Waals surface area contributed by atoms with Crippen LogP contribution in [0.1, 0.15) is 96.6 Å². The molecule has 4 aliphatic rings. The third-order valence-electron chi connectivity index (χ3n) is 13.4. The molecule has 1 heterocycles. The van der Waals surface area contributed by atoms with E-state index in [0.717, 1.165) is 12.5 Å². The lowest BCUT2D eigenvalue weighted by Crippen LogP contribution is -2.82. The number of carbonyl (C=O) groups is 6. The van der Waals surface area contributed by atoms with Gasteiger partial charge in [-0.2, -0.15) is 0 Å². The normalized spacial score (nSPS) is 32.9. The minimum absolute atomic E-state index is 0.0850. The number of hydrogen-bond donors (Lipinski definition) is 1. The highest BCUT2D eigenvalue weighted by atomic mass is 16.6. The fourth-order valence-corrected chi connectivity index (χ4v) is 10.6. The van der Waals surface area contributed by atoms with Crippen molar-refractivity contribution in [3.63, 3.8) is 0 Å². The van der Waals surface area contributed by atoms with E-state index < -0.39 is 106 Å². The lowest BCUT2D eigenvalue weighted by molar-refractivity contribution is -0.366. The van der Waals surface area contributed by atoms with Gasteiger partial charge in [0.1, 0.15) is 30.0 Å². The quantitative estimate of drug-likeness (QED) is 0.184. The molecule has 11 atom stereocenters. The number of nitrogens with zero attached hydrogens (tertiary/aromatic N) is 1. The van der Waals surface area contributed by atoms with Gasteiger partial charge in [0, 0.05) is 52.0 Å². The smallest absolute Gasteiger partial charge is 0.338 e. The van der Waals surface area contributed by atoms with Crippen LogP contribution in [-0.4, -0.2) is 114 Å². The number of ether oxygens (including phenoxy) is 7. The van der Waals surface area contributed by atoms with E-state index in [2.05, 4.69) is 0 Å². The minimum Gasteiger partial charge on any atom is -0.462 e. The zero-order chi connectivity index (χ0) is 44.8. The lowest BCUT2D eigenvalue weighted by atomic mass is 9.44. The van der Waals surface area contributed by atoms with Crippen LogP contribution in [0, 0.1) is 16.7 Å². The fraction of sp³-hybridized carbons (Fsp3) is 0.565. The zero-order valence-electron chi connectivity index (χ0n) is 36.4. The Balaban J connectivity index is 1.65. The van der Waals surface area contributed by atoms with Crippen molar-refractivity contribution in [1.29, 1.82) is 0 Å². The van der Waals surface area contributed by atoms with Crippen LogP contribution in [0.3, 0.4) is 0 Å². The van der Waals surface area contributed by atoms with Gasteiger partial charge in [0.05, 0.1) is 29.9 Å². The van der Waals surface area contributed by atoms with E-state index in [1.807, 2.05) is 49.3 Å². The Kier molecular flexibility index (Phi) is 12.6. The molecule has 3 aliphatic carbocycles. The number of carbonyl (C=O) groups excluding carboxylic acids is 6. The third-order valence-corrected chi connectivity index (χ3v) is 13.4. The summed E-state index contributed by atoms with van der Waals surface area (Å²) in [4.78, 5) is 83.6. The molecule has 2 bridgehead atoms. The number of fused-ring (bicyclic) bond motifs is 5. The summed E-state index contributed by atoms with van der Waals surface area (Å²) in [6.07, 6.45) is -8.74. The molecule has 0 amide bonds. The molecule has 2 aromatic rings. The molecule has 15 heteroatoms. The van der Waals surface area contributed by atoms with E-state index in [4.69, 9.17) is 33.2 Å². The molecule has 1 unspecified atom stereocenters. The Morgan fingerprint density at radius 3 is 1.89 bits per heavy atom. The summed E-state index contributed by atoms with van der Waals surface area (Å²) >= 11 is 0. The van der Waals surface area contributed by atoms with Crippen molar-refractivity contribution in [2.75, 3.05) is 20.7 Å². The fourth-order valence-electron chi connectivity index (χ4n) is 10.6. The predicted molar refractivity (Wildman–Crippen MR) is 216 cm³/mol.